The molecule has 1 fully saturated rings. The molecule has 1 unspecified atom stereocenters. The van der Waals surface area contributed by atoms with Gasteiger partial charge >= 0.3 is 0 Å². The van der Waals surface area contributed by atoms with Gasteiger partial charge in [0.25, 0.3) is 0 Å². The first-order chi connectivity index (χ1) is 10.3. The van der Waals surface area contributed by atoms with Crippen LogP contribution in [0.3, 0.4) is 0 Å². The molecule has 0 aromatic carbocycles. The zero-order valence-corrected chi connectivity index (χ0v) is 13.3. The van der Waals surface area contributed by atoms with Crippen LogP contribution in [0, 0.1) is 0 Å². The Morgan fingerprint density at radius 3 is 3.24 bits per heavy atom. The van der Waals surface area contributed by atoms with Crippen molar-refractivity contribution in [3.8, 4) is 0 Å². The van der Waals surface area contributed by atoms with Crippen molar-refractivity contribution < 1.29 is 4.74 Å². The number of aryl methyl sites for hydroxylation is 1. The largest absolute Gasteiger partial charge is 0.374 e. The Morgan fingerprint density at radius 1 is 1.48 bits per heavy atom. The molecule has 3 heterocycles. The van der Waals surface area contributed by atoms with E-state index in [0.717, 1.165) is 45.6 Å². The minimum Gasteiger partial charge on any atom is -0.374 e. The molecule has 5 nitrogen and oxygen atoms in total. The van der Waals surface area contributed by atoms with Gasteiger partial charge in [-0.15, -0.1) is 11.3 Å². The minimum atomic E-state index is 0.215. The maximum atomic E-state index is 5.84. The number of hydrogen-bond acceptors (Lipinski definition) is 5. The average molecular weight is 306 g/mol. The molecule has 1 aliphatic rings. The number of nitrogens with zero attached hydrogens (tertiary/aromatic N) is 4. The van der Waals surface area contributed by atoms with E-state index in [1.165, 1.54) is 10.7 Å². The van der Waals surface area contributed by atoms with E-state index >= 15 is 0 Å². The van der Waals surface area contributed by atoms with Gasteiger partial charge in [0.2, 0.25) is 0 Å². The molecule has 114 valence electrons. The summed E-state index contributed by atoms with van der Waals surface area (Å²) in [6.45, 7) is 6.67. The van der Waals surface area contributed by atoms with E-state index in [0.29, 0.717) is 0 Å². The highest BCUT2D eigenvalue weighted by molar-refractivity contribution is 7.09. The van der Waals surface area contributed by atoms with Crippen molar-refractivity contribution in [2.24, 2.45) is 0 Å². The molecule has 1 aliphatic heterocycles. The van der Waals surface area contributed by atoms with Gasteiger partial charge in [-0.05, 0) is 18.9 Å². The van der Waals surface area contributed by atoms with Gasteiger partial charge in [-0.2, -0.15) is 5.10 Å². The molecule has 0 radical (unpaired) electrons. The maximum Gasteiger partial charge on any atom is 0.0928 e. The average Bonchev–Trinajstić information content (AvgIpc) is 3.12. The summed E-state index contributed by atoms with van der Waals surface area (Å²) in [5.74, 6) is 0. The van der Waals surface area contributed by atoms with Gasteiger partial charge in [-0.25, -0.2) is 4.98 Å². The maximum absolute atomic E-state index is 5.84. The number of thiazole rings is 1. The molecule has 6 heteroatoms. The van der Waals surface area contributed by atoms with Gasteiger partial charge in [0.05, 0.1) is 30.0 Å². The zero-order chi connectivity index (χ0) is 14.5. The first-order valence-corrected chi connectivity index (χ1v) is 8.46. The summed E-state index contributed by atoms with van der Waals surface area (Å²) in [5, 5.41) is 7.71. The first-order valence-electron chi connectivity index (χ1n) is 7.58. The summed E-state index contributed by atoms with van der Waals surface area (Å²) in [6, 6.07) is 1.95. The lowest BCUT2D eigenvalue weighted by Gasteiger charge is -2.32. The Morgan fingerprint density at radius 2 is 2.43 bits per heavy atom. The molecule has 0 bridgehead atoms. The van der Waals surface area contributed by atoms with E-state index < -0.39 is 0 Å². The number of hydrogen-bond donors (Lipinski definition) is 0. The van der Waals surface area contributed by atoms with E-state index in [4.69, 9.17) is 9.72 Å². The van der Waals surface area contributed by atoms with E-state index in [2.05, 4.69) is 22.3 Å². The third-order valence-corrected chi connectivity index (χ3v) is 4.58. The van der Waals surface area contributed by atoms with Gasteiger partial charge in [0, 0.05) is 37.4 Å². The fourth-order valence-corrected chi connectivity index (χ4v) is 3.52. The second kappa shape index (κ2) is 7.15. The molecule has 2 aromatic rings. The van der Waals surface area contributed by atoms with Crippen LogP contribution in [0.4, 0.5) is 0 Å². The highest BCUT2D eigenvalue weighted by Crippen LogP contribution is 2.15. The normalized spacial score (nSPS) is 20.0. The number of rotatable bonds is 6. The predicted octanol–water partition coefficient (Wildman–Crippen LogP) is 2.19. The highest BCUT2D eigenvalue weighted by atomic mass is 32.1. The van der Waals surface area contributed by atoms with Crippen LogP contribution in [-0.4, -0.2) is 45.5 Å². The topological polar surface area (TPSA) is 43.2 Å². The third-order valence-electron chi connectivity index (χ3n) is 3.62. The molecule has 21 heavy (non-hydrogen) atoms. The lowest BCUT2D eigenvalue weighted by atomic mass is 10.2. The van der Waals surface area contributed by atoms with Crippen molar-refractivity contribution in [2.75, 3.05) is 19.7 Å². The van der Waals surface area contributed by atoms with Crippen LogP contribution < -0.4 is 0 Å². The summed E-state index contributed by atoms with van der Waals surface area (Å²) in [5.41, 5.74) is 1.20. The summed E-state index contributed by atoms with van der Waals surface area (Å²) < 4.78 is 7.78. The van der Waals surface area contributed by atoms with Gasteiger partial charge in [-0.3, -0.25) is 9.58 Å². The third kappa shape index (κ3) is 4.12. The molecule has 0 aliphatic carbocycles. The van der Waals surface area contributed by atoms with Gasteiger partial charge in [0.1, 0.15) is 0 Å². The quantitative estimate of drug-likeness (QED) is 0.820. The molecule has 2 aromatic heterocycles. The molecule has 1 saturated heterocycles. The summed E-state index contributed by atoms with van der Waals surface area (Å²) >= 11 is 1.78. The van der Waals surface area contributed by atoms with Crippen LogP contribution in [0.15, 0.2) is 23.8 Å². The molecular weight excluding hydrogens is 284 g/mol. The van der Waals surface area contributed by atoms with Crippen molar-refractivity contribution in [3.05, 3.63) is 34.5 Å². The summed E-state index contributed by atoms with van der Waals surface area (Å²) in [7, 11) is 0. The second-order valence-corrected chi connectivity index (χ2v) is 6.38. The van der Waals surface area contributed by atoms with E-state index in [-0.39, 0.29) is 6.10 Å². The van der Waals surface area contributed by atoms with Gasteiger partial charge < -0.3 is 4.74 Å². The monoisotopic (exact) mass is 306 g/mol. The Kier molecular flexibility index (Phi) is 5.00. The molecule has 0 N–H and O–H groups in total. The van der Waals surface area contributed by atoms with Crippen LogP contribution in [0.5, 0.6) is 0 Å². The van der Waals surface area contributed by atoms with Crippen molar-refractivity contribution >= 4 is 11.3 Å². The predicted molar refractivity (Wildman–Crippen MR) is 83.4 cm³/mol. The summed E-state index contributed by atoms with van der Waals surface area (Å²) in [6.07, 6.45) is 6.27. The standard InChI is InChI=1S/C15H22N4OS/c1-2-4-15-17-13(12-21-15)9-18-7-8-20-14(10-18)11-19-6-3-5-16-19/h3,5-6,12,14H,2,4,7-11H2,1H3. The Labute approximate surface area is 129 Å². The number of aromatic nitrogens is 3. The SMILES string of the molecule is CCCc1nc(CN2CCOC(Cn3cccn3)C2)cs1. The fourth-order valence-electron chi connectivity index (χ4n) is 2.63. The van der Waals surface area contributed by atoms with Crippen LogP contribution in [0.2, 0.25) is 0 Å². The van der Waals surface area contributed by atoms with Crippen LogP contribution in [-0.2, 0) is 24.2 Å². The van der Waals surface area contributed by atoms with Gasteiger partial charge in [0.15, 0.2) is 0 Å². The first kappa shape index (κ1) is 14.7. The molecule has 3 rings (SSSR count). The second-order valence-electron chi connectivity index (χ2n) is 5.44. The molecular formula is C15H22N4OS. The minimum absolute atomic E-state index is 0.215. The van der Waals surface area contributed by atoms with Gasteiger partial charge in [-0.1, -0.05) is 6.92 Å². The molecule has 1 atom stereocenters. The lowest BCUT2D eigenvalue weighted by molar-refractivity contribution is -0.0405. The van der Waals surface area contributed by atoms with E-state index in [9.17, 15) is 0 Å². The Balaban J connectivity index is 1.53. The molecule has 0 spiro atoms. The molecule has 0 amide bonds. The Bertz CT molecular complexity index is 540. The lowest BCUT2D eigenvalue weighted by Crippen LogP contribution is -2.43. The van der Waals surface area contributed by atoms with E-state index in [1.54, 1.807) is 11.3 Å². The van der Waals surface area contributed by atoms with Crippen molar-refractivity contribution in [1.82, 2.24) is 19.7 Å². The molecule has 0 saturated carbocycles. The number of morpholine rings is 1. The van der Waals surface area contributed by atoms with Crippen LogP contribution in [0.1, 0.15) is 24.0 Å². The van der Waals surface area contributed by atoms with Crippen molar-refractivity contribution in [3.63, 3.8) is 0 Å². The smallest absolute Gasteiger partial charge is 0.0928 e. The Hall–Kier alpha value is -1.24. The van der Waals surface area contributed by atoms with Crippen molar-refractivity contribution in [2.45, 2.75) is 39.0 Å². The van der Waals surface area contributed by atoms with Crippen LogP contribution in [0.25, 0.3) is 0 Å². The highest BCUT2D eigenvalue weighted by Gasteiger charge is 2.21. The van der Waals surface area contributed by atoms with Crippen LogP contribution >= 0.6 is 11.3 Å². The van der Waals surface area contributed by atoms with E-state index in [1.807, 2.05) is 23.1 Å². The summed E-state index contributed by atoms with van der Waals surface area (Å²) in [4.78, 5) is 7.15. The fraction of sp³-hybridized carbons (Fsp3) is 0.600. The zero-order valence-electron chi connectivity index (χ0n) is 12.4. The number of ether oxygens (including phenoxy) is 1. The van der Waals surface area contributed by atoms with Crippen molar-refractivity contribution in [1.29, 1.82) is 0 Å².